The van der Waals surface area contributed by atoms with Crippen molar-refractivity contribution in [3.63, 3.8) is 0 Å². The van der Waals surface area contributed by atoms with Gasteiger partial charge in [-0.3, -0.25) is 4.79 Å². The van der Waals surface area contributed by atoms with Crippen LogP contribution in [0.2, 0.25) is 0 Å². The molecule has 0 saturated heterocycles. The monoisotopic (exact) mass is 279 g/mol. The third-order valence-corrected chi connectivity index (χ3v) is 3.12. The molecule has 0 fully saturated rings. The number of ether oxygens (including phenoxy) is 1. The number of unbranched alkanes of at least 4 members (excludes halogenated alkanes) is 3. The van der Waals surface area contributed by atoms with E-state index in [0.717, 1.165) is 50.1 Å². The van der Waals surface area contributed by atoms with Crippen molar-refractivity contribution in [3.05, 3.63) is 29.8 Å². The molecule has 0 atom stereocenters. The number of para-hydroxylation sites is 1. The lowest BCUT2D eigenvalue weighted by molar-refractivity contribution is -0.137. The van der Waals surface area contributed by atoms with Crippen molar-refractivity contribution in [2.75, 3.05) is 19.7 Å². The van der Waals surface area contributed by atoms with Crippen LogP contribution in [0.3, 0.4) is 0 Å². The van der Waals surface area contributed by atoms with Gasteiger partial charge in [0, 0.05) is 13.0 Å². The summed E-state index contributed by atoms with van der Waals surface area (Å²) in [7, 11) is 0. The molecule has 0 amide bonds. The highest BCUT2D eigenvalue weighted by Crippen LogP contribution is 2.15. The van der Waals surface area contributed by atoms with Crippen molar-refractivity contribution in [1.82, 2.24) is 5.32 Å². The first kappa shape index (κ1) is 16.5. The largest absolute Gasteiger partial charge is 0.492 e. The molecule has 0 bridgehead atoms. The Morgan fingerprint density at radius 2 is 1.90 bits per heavy atom. The first-order chi connectivity index (χ1) is 9.70. The number of aryl methyl sites for hydroxylation is 1. The first-order valence-electron chi connectivity index (χ1n) is 7.31. The number of hydrogen-bond donors (Lipinski definition) is 2. The average Bonchev–Trinajstić information content (AvgIpc) is 2.42. The highest BCUT2D eigenvalue weighted by Gasteiger charge is 1.98. The summed E-state index contributed by atoms with van der Waals surface area (Å²) in [5, 5.41) is 11.8. The van der Waals surface area contributed by atoms with E-state index in [0.29, 0.717) is 6.61 Å². The Morgan fingerprint density at radius 1 is 1.15 bits per heavy atom. The molecule has 1 aromatic carbocycles. The van der Waals surface area contributed by atoms with Gasteiger partial charge in [0.15, 0.2) is 0 Å². The zero-order chi connectivity index (χ0) is 14.6. The molecule has 4 nitrogen and oxygen atoms in total. The van der Waals surface area contributed by atoms with Crippen LogP contribution in [-0.4, -0.2) is 30.8 Å². The lowest BCUT2D eigenvalue weighted by Crippen LogP contribution is -2.22. The van der Waals surface area contributed by atoms with Gasteiger partial charge in [-0.25, -0.2) is 0 Å². The van der Waals surface area contributed by atoms with Gasteiger partial charge in [-0.05, 0) is 37.9 Å². The third-order valence-electron chi connectivity index (χ3n) is 3.12. The van der Waals surface area contributed by atoms with Gasteiger partial charge >= 0.3 is 5.97 Å². The first-order valence-corrected chi connectivity index (χ1v) is 7.31. The summed E-state index contributed by atoms with van der Waals surface area (Å²) in [5.41, 5.74) is 1.16. The lowest BCUT2D eigenvalue weighted by Gasteiger charge is -2.09. The summed E-state index contributed by atoms with van der Waals surface area (Å²) >= 11 is 0. The third kappa shape index (κ3) is 7.79. The smallest absolute Gasteiger partial charge is 0.303 e. The molecule has 0 aliphatic carbocycles. The summed E-state index contributed by atoms with van der Waals surface area (Å²) in [5.74, 6) is 0.249. The van der Waals surface area contributed by atoms with Crippen LogP contribution in [0, 0.1) is 6.92 Å². The second-order valence-corrected chi connectivity index (χ2v) is 4.92. The molecule has 0 saturated carbocycles. The molecule has 0 radical (unpaired) electrons. The SMILES string of the molecule is Cc1ccccc1OCCNCCCCCCC(=O)O. The fourth-order valence-electron chi connectivity index (χ4n) is 1.96. The Morgan fingerprint density at radius 3 is 2.65 bits per heavy atom. The molecule has 0 aliphatic heterocycles. The molecule has 0 spiro atoms. The van der Waals surface area contributed by atoms with Gasteiger partial charge in [0.1, 0.15) is 12.4 Å². The number of carbonyl (C=O) groups is 1. The van der Waals surface area contributed by atoms with Crippen molar-refractivity contribution in [2.24, 2.45) is 0 Å². The van der Waals surface area contributed by atoms with E-state index in [9.17, 15) is 4.79 Å². The zero-order valence-electron chi connectivity index (χ0n) is 12.2. The number of carboxylic acids is 1. The number of rotatable bonds is 11. The van der Waals surface area contributed by atoms with Crippen LogP contribution in [-0.2, 0) is 4.79 Å². The topological polar surface area (TPSA) is 58.6 Å². The average molecular weight is 279 g/mol. The minimum atomic E-state index is -0.698. The second kappa shape index (κ2) is 10.3. The maximum absolute atomic E-state index is 10.3. The van der Waals surface area contributed by atoms with Gasteiger partial charge in [0.2, 0.25) is 0 Å². The van der Waals surface area contributed by atoms with Crippen LogP contribution in [0.25, 0.3) is 0 Å². The van der Waals surface area contributed by atoms with Crippen molar-refractivity contribution < 1.29 is 14.6 Å². The van der Waals surface area contributed by atoms with E-state index in [4.69, 9.17) is 9.84 Å². The predicted octanol–water partition coefficient (Wildman–Crippen LogP) is 3.00. The molecular weight excluding hydrogens is 254 g/mol. The number of benzene rings is 1. The van der Waals surface area contributed by atoms with E-state index in [1.807, 2.05) is 31.2 Å². The van der Waals surface area contributed by atoms with Crippen molar-refractivity contribution in [2.45, 2.75) is 39.0 Å². The summed E-state index contributed by atoms with van der Waals surface area (Å²) < 4.78 is 5.68. The maximum Gasteiger partial charge on any atom is 0.303 e. The summed E-state index contributed by atoms with van der Waals surface area (Å²) in [6.07, 6.45) is 4.24. The van der Waals surface area contributed by atoms with Crippen molar-refractivity contribution >= 4 is 5.97 Å². The Kier molecular flexibility index (Phi) is 8.47. The number of nitrogens with one attached hydrogen (secondary N) is 1. The van der Waals surface area contributed by atoms with Gasteiger partial charge in [0.05, 0.1) is 0 Å². The molecule has 1 aromatic rings. The Bertz CT molecular complexity index is 393. The van der Waals surface area contributed by atoms with Gasteiger partial charge in [-0.15, -0.1) is 0 Å². The summed E-state index contributed by atoms with van der Waals surface area (Å²) in [6.45, 7) is 4.51. The molecule has 0 aliphatic rings. The van der Waals surface area contributed by atoms with Crippen LogP contribution >= 0.6 is 0 Å². The fraction of sp³-hybridized carbons (Fsp3) is 0.562. The lowest BCUT2D eigenvalue weighted by atomic mass is 10.1. The van der Waals surface area contributed by atoms with E-state index in [1.54, 1.807) is 0 Å². The van der Waals surface area contributed by atoms with E-state index < -0.39 is 5.97 Å². The van der Waals surface area contributed by atoms with Crippen LogP contribution < -0.4 is 10.1 Å². The number of hydrogen-bond acceptors (Lipinski definition) is 3. The molecule has 4 heteroatoms. The predicted molar refractivity (Wildman–Crippen MR) is 80.3 cm³/mol. The number of carboxylic acid groups (broad SMARTS) is 1. The standard InChI is InChI=1S/C16H25NO3/c1-14-8-5-6-9-15(14)20-13-12-17-11-7-3-2-4-10-16(18)19/h5-6,8-9,17H,2-4,7,10-13H2,1H3,(H,18,19). The molecule has 20 heavy (non-hydrogen) atoms. The van der Waals surface area contributed by atoms with Crippen LogP contribution in [0.5, 0.6) is 5.75 Å². The highest BCUT2D eigenvalue weighted by atomic mass is 16.5. The molecular formula is C16H25NO3. The molecule has 0 aromatic heterocycles. The van der Waals surface area contributed by atoms with Crippen LogP contribution in [0.4, 0.5) is 0 Å². The quantitative estimate of drug-likeness (QED) is 0.611. The zero-order valence-corrected chi connectivity index (χ0v) is 12.2. The van der Waals surface area contributed by atoms with Crippen molar-refractivity contribution in [3.8, 4) is 5.75 Å². The Labute approximate surface area is 121 Å². The molecule has 1 rings (SSSR count). The minimum Gasteiger partial charge on any atom is -0.492 e. The van der Waals surface area contributed by atoms with Crippen LogP contribution in [0.1, 0.15) is 37.7 Å². The van der Waals surface area contributed by atoms with E-state index in [-0.39, 0.29) is 6.42 Å². The minimum absolute atomic E-state index is 0.289. The van der Waals surface area contributed by atoms with Gasteiger partial charge in [-0.1, -0.05) is 31.0 Å². The summed E-state index contributed by atoms with van der Waals surface area (Å²) in [6, 6.07) is 8.01. The van der Waals surface area contributed by atoms with E-state index >= 15 is 0 Å². The normalized spacial score (nSPS) is 10.4. The Balaban J connectivity index is 1.90. The van der Waals surface area contributed by atoms with Gasteiger partial charge in [-0.2, -0.15) is 0 Å². The summed E-state index contributed by atoms with van der Waals surface area (Å²) in [4.78, 5) is 10.3. The number of aliphatic carboxylic acids is 1. The van der Waals surface area contributed by atoms with Gasteiger partial charge < -0.3 is 15.2 Å². The molecule has 0 heterocycles. The highest BCUT2D eigenvalue weighted by molar-refractivity contribution is 5.66. The van der Waals surface area contributed by atoms with E-state index in [2.05, 4.69) is 5.32 Å². The van der Waals surface area contributed by atoms with E-state index in [1.165, 1.54) is 0 Å². The van der Waals surface area contributed by atoms with Crippen LogP contribution in [0.15, 0.2) is 24.3 Å². The molecule has 0 unspecified atom stereocenters. The molecule has 112 valence electrons. The Hall–Kier alpha value is -1.55. The fourth-order valence-corrected chi connectivity index (χ4v) is 1.96. The van der Waals surface area contributed by atoms with Crippen molar-refractivity contribution in [1.29, 1.82) is 0 Å². The van der Waals surface area contributed by atoms with Gasteiger partial charge in [0.25, 0.3) is 0 Å². The maximum atomic E-state index is 10.3. The molecule has 2 N–H and O–H groups in total. The second-order valence-electron chi connectivity index (χ2n) is 4.92.